The highest BCUT2D eigenvalue weighted by Crippen LogP contribution is 2.06. The third-order valence-corrected chi connectivity index (χ3v) is 1.79. The Morgan fingerprint density at radius 2 is 1.31 bits per heavy atom. The zero-order chi connectivity index (χ0) is 11.8. The molecule has 6 N–H and O–H groups in total. The van der Waals surface area contributed by atoms with E-state index in [-0.39, 0.29) is 0 Å². The fraction of sp³-hybridized carbons (Fsp3) is 0. The van der Waals surface area contributed by atoms with Crippen LogP contribution < -0.4 is 22.2 Å². The van der Waals surface area contributed by atoms with Gasteiger partial charge in [0, 0.05) is 11.4 Å². The highest BCUT2D eigenvalue weighted by atomic mass is 16.6. The summed E-state index contributed by atoms with van der Waals surface area (Å²) in [5.41, 5.74) is 12.2. The zero-order valence-corrected chi connectivity index (χ0v) is 8.84. The van der Waals surface area contributed by atoms with Gasteiger partial charge in [0.25, 0.3) is 0 Å². The molecule has 2 rings (SSSR count). The number of hydrogen-bond donors (Lipinski definition) is 3. The van der Waals surface area contributed by atoms with Crippen LogP contribution in [0, 0.1) is 0 Å². The molecule has 4 nitrogen and oxygen atoms in total. The Kier molecular flexibility index (Phi) is 4.69. The summed E-state index contributed by atoms with van der Waals surface area (Å²) >= 11 is 0. The molecule has 0 fully saturated rings. The first kappa shape index (κ1) is 11.9. The third kappa shape index (κ3) is 4.34. The monoisotopic (exact) mass is 217 g/mol. The van der Waals surface area contributed by atoms with Gasteiger partial charge in [-0.25, -0.2) is 0 Å². The molecule has 0 saturated heterocycles. The van der Waals surface area contributed by atoms with Crippen LogP contribution >= 0.6 is 0 Å². The van der Waals surface area contributed by atoms with E-state index in [2.05, 4.69) is 4.84 Å². The molecule has 0 spiro atoms. The lowest BCUT2D eigenvalue weighted by Crippen LogP contribution is -2.00. The van der Waals surface area contributed by atoms with Gasteiger partial charge in [-0.05, 0) is 30.3 Å². The van der Waals surface area contributed by atoms with E-state index in [4.69, 9.17) is 17.4 Å². The fourth-order valence-corrected chi connectivity index (χ4v) is 1.06. The lowest BCUT2D eigenvalue weighted by Gasteiger charge is -1.92. The molecule has 84 valence electrons. The van der Waals surface area contributed by atoms with Crippen molar-refractivity contribution in [1.82, 2.24) is 0 Å². The van der Waals surface area contributed by atoms with Crippen molar-refractivity contribution in [2.75, 3.05) is 11.5 Å². The maximum Gasteiger partial charge on any atom is 0.146 e. The molecule has 0 aromatic heterocycles. The van der Waals surface area contributed by atoms with Crippen LogP contribution in [0.2, 0.25) is 0 Å². The van der Waals surface area contributed by atoms with E-state index >= 15 is 0 Å². The van der Waals surface area contributed by atoms with E-state index in [1.54, 1.807) is 30.3 Å². The van der Waals surface area contributed by atoms with Crippen LogP contribution in [0.15, 0.2) is 54.6 Å². The van der Waals surface area contributed by atoms with Gasteiger partial charge in [-0.1, -0.05) is 24.3 Å². The van der Waals surface area contributed by atoms with Crippen molar-refractivity contribution < 1.29 is 4.84 Å². The van der Waals surface area contributed by atoms with Gasteiger partial charge in [0.2, 0.25) is 0 Å². The summed E-state index contributed by atoms with van der Waals surface area (Å²) in [4.78, 5) is 4.41. The molecule has 0 saturated carbocycles. The number of anilines is 2. The molecule has 4 heteroatoms. The van der Waals surface area contributed by atoms with Gasteiger partial charge in [0.15, 0.2) is 0 Å². The molecule has 0 aliphatic rings. The van der Waals surface area contributed by atoms with Crippen molar-refractivity contribution in [3.63, 3.8) is 0 Å². The third-order valence-electron chi connectivity index (χ3n) is 1.79. The quantitative estimate of drug-likeness (QED) is 0.502. The predicted octanol–water partition coefficient (Wildman–Crippen LogP) is 1.79. The zero-order valence-electron chi connectivity index (χ0n) is 8.84. The SMILES string of the molecule is NOc1ccccc1.Nc1cccc(N)c1. The van der Waals surface area contributed by atoms with Crippen molar-refractivity contribution in [1.29, 1.82) is 0 Å². The Morgan fingerprint density at radius 3 is 1.62 bits per heavy atom. The van der Waals surface area contributed by atoms with Crippen LogP contribution in [0.3, 0.4) is 0 Å². The number of nitrogen functional groups attached to an aromatic ring is 2. The summed E-state index contributed by atoms with van der Waals surface area (Å²) in [5, 5.41) is 0. The maximum atomic E-state index is 5.38. The summed E-state index contributed by atoms with van der Waals surface area (Å²) in [5.74, 6) is 5.54. The number of hydrogen-bond acceptors (Lipinski definition) is 4. The van der Waals surface area contributed by atoms with E-state index in [0.717, 1.165) is 0 Å². The molecule has 16 heavy (non-hydrogen) atoms. The molecule has 0 unspecified atom stereocenters. The second kappa shape index (κ2) is 6.31. The molecule has 2 aromatic rings. The van der Waals surface area contributed by atoms with Crippen LogP contribution in [0.1, 0.15) is 0 Å². The lowest BCUT2D eigenvalue weighted by atomic mass is 10.3. The van der Waals surface area contributed by atoms with Gasteiger partial charge in [0.1, 0.15) is 5.75 Å². The molecule has 0 aliphatic heterocycles. The highest BCUT2D eigenvalue weighted by molar-refractivity contribution is 5.50. The Labute approximate surface area is 94.6 Å². The van der Waals surface area contributed by atoms with Gasteiger partial charge in [0.05, 0.1) is 0 Å². The van der Waals surface area contributed by atoms with Gasteiger partial charge >= 0.3 is 0 Å². The summed E-state index contributed by atoms with van der Waals surface area (Å²) in [6, 6.07) is 16.4. The Balaban J connectivity index is 0.000000160. The van der Waals surface area contributed by atoms with Crippen LogP contribution in [0.4, 0.5) is 11.4 Å². The number of benzene rings is 2. The Morgan fingerprint density at radius 1 is 0.750 bits per heavy atom. The minimum Gasteiger partial charge on any atom is -0.412 e. The van der Waals surface area contributed by atoms with Gasteiger partial charge in [-0.3, -0.25) is 0 Å². The first-order valence-electron chi connectivity index (χ1n) is 4.75. The van der Waals surface area contributed by atoms with Crippen LogP contribution in [-0.2, 0) is 0 Å². The van der Waals surface area contributed by atoms with E-state index in [0.29, 0.717) is 17.1 Å². The molecule has 0 heterocycles. The minimum atomic E-state index is 0.688. The Bertz CT molecular complexity index is 400. The van der Waals surface area contributed by atoms with Gasteiger partial charge < -0.3 is 16.3 Å². The molecule has 0 radical (unpaired) electrons. The van der Waals surface area contributed by atoms with Crippen molar-refractivity contribution in [2.45, 2.75) is 0 Å². The first-order chi connectivity index (χ1) is 7.72. The minimum absolute atomic E-state index is 0.688. The van der Waals surface area contributed by atoms with E-state index in [1.165, 1.54) is 0 Å². The highest BCUT2D eigenvalue weighted by Gasteiger charge is 1.82. The van der Waals surface area contributed by atoms with Crippen molar-refractivity contribution in [3.8, 4) is 5.75 Å². The second-order valence-electron chi connectivity index (χ2n) is 3.10. The average molecular weight is 217 g/mol. The van der Waals surface area contributed by atoms with Crippen LogP contribution in [0.25, 0.3) is 0 Å². The van der Waals surface area contributed by atoms with Gasteiger partial charge in [-0.15, -0.1) is 0 Å². The number of para-hydroxylation sites is 1. The smallest absolute Gasteiger partial charge is 0.146 e. The number of nitrogens with two attached hydrogens (primary N) is 3. The standard InChI is InChI=1S/C6H8N2.C6H7NO/c7-5-2-1-3-6(8)4-5;7-8-6-4-2-1-3-5-6/h1-4H,7-8H2;1-5H,7H2. The van der Waals surface area contributed by atoms with Crippen molar-refractivity contribution >= 4 is 11.4 Å². The fourth-order valence-electron chi connectivity index (χ4n) is 1.06. The molecule has 2 aromatic carbocycles. The molecular weight excluding hydrogens is 202 g/mol. The summed E-state index contributed by atoms with van der Waals surface area (Å²) in [7, 11) is 0. The molecule has 0 bridgehead atoms. The van der Waals surface area contributed by atoms with E-state index in [1.807, 2.05) is 24.3 Å². The molecule has 0 aliphatic carbocycles. The second-order valence-corrected chi connectivity index (χ2v) is 3.10. The molecule has 0 atom stereocenters. The largest absolute Gasteiger partial charge is 0.412 e. The summed E-state index contributed by atoms with van der Waals surface area (Å²) in [6.07, 6.45) is 0. The normalized spacial score (nSPS) is 8.81. The molecule has 0 amide bonds. The first-order valence-corrected chi connectivity index (χ1v) is 4.75. The van der Waals surface area contributed by atoms with Crippen LogP contribution in [-0.4, -0.2) is 0 Å². The summed E-state index contributed by atoms with van der Waals surface area (Å²) in [6.45, 7) is 0. The predicted molar refractivity (Wildman–Crippen MR) is 66.5 cm³/mol. The topological polar surface area (TPSA) is 87.3 Å². The van der Waals surface area contributed by atoms with Crippen molar-refractivity contribution in [2.24, 2.45) is 5.90 Å². The average Bonchev–Trinajstić information content (AvgIpc) is 2.31. The lowest BCUT2D eigenvalue weighted by molar-refractivity contribution is 0.334. The van der Waals surface area contributed by atoms with Crippen molar-refractivity contribution in [3.05, 3.63) is 54.6 Å². The van der Waals surface area contributed by atoms with Crippen LogP contribution in [0.5, 0.6) is 5.75 Å². The summed E-state index contributed by atoms with van der Waals surface area (Å²) < 4.78 is 0. The maximum absolute atomic E-state index is 5.38. The van der Waals surface area contributed by atoms with E-state index < -0.39 is 0 Å². The number of rotatable bonds is 1. The molecular formula is C12H15N3O. The van der Waals surface area contributed by atoms with Gasteiger partial charge in [-0.2, -0.15) is 5.90 Å². The Hall–Kier alpha value is -2.20. The van der Waals surface area contributed by atoms with E-state index in [9.17, 15) is 0 Å².